The molecule has 1 aliphatic heterocycles. The minimum Gasteiger partial charge on any atom is -0.504 e. The maximum atomic E-state index is 12.7. The van der Waals surface area contributed by atoms with Gasteiger partial charge in [0.1, 0.15) is 11.4 Å². The minimum absolute atomic E-state index is 0.133. The molecule has 0 spiro atoms. The molecule has 0 saturated carbocycles. The topological polar surface area (TPSA) is 61.6 Å². The average Bonchev–Trinajstić information content (AvgIpc) is 3.10. The molecule has 2 aromatic carbocycles. The lowest BCUT2D eigenvalue weighted by atomic mass is 10.1. The maximum Gasteiger partial charge on any atom is 0.224 e. The van der Waals surface area contributed by atoms with E-state index >= 15 is 0 Å². The van der Waals surface area contributed by atoms with E-state index in [9.17, 15) is 9.90 Å². The lowest BCUT2D eigenvalue weighted by Gasteiger charge is -2.32. The predicted molar refractivity (Wildman–Crippen MR) is 113 cm³/mol. The molecule has 1 N–H and O–H groups in total. The Labute approximate surface area is 171 Å². The summed E-state index contributed by atoms with van der Waals surface area (Å²) in [5, 5.41) is 15.6. The number of carbonyl (C=O) groups is 1. The first-order valence-corrected chi connectivity index (χ1v) is 10.0. The fourth-order valence-electron chi connectivity index (χ4n) is 3.70. The highest BCUT2D eigenvalue weighted by Gasteiger charge is 2.22. The molecular formula is C23H26N4O2. The van der Waals surface area contributed by atoms with Crippen molar-refractivity contribution in [2.75, 3.05) is 33.2 Å². The van der Waals surface area contributed by atoms with Gasteiger partial charge in [-0.2, -0.15) is 5.10 Å². The molecule has 4 rings (SSSR count). The van der Waals surface area contributed by atoms with Crippen LogP contribution < -0.4 is 0 Å². The Morgan fingerprint density at radius 1 is 0.931 bits per heavy atom. The third kappa shape index (κ3) is 4.17. The van der Waals surface area contributed by atoms with E-state index in [0.717, 1.165) is 37.3 Å². The van der Waals surface area contributed by atoms with Crippen LogP contribution in [0.4, 0.5) is 0 Å². The van der Waals surface area contributed by atoms with E-state index < -0.39 is 0 Å². The highest BCUT2D eigenvalue weighted by Crippen LogP contribution is 2.37. The predicted octanol–water partition coefficient (Wildman–Crippen LogP) is 3.09. The van der Waals surface area contributed by atoms with Crippen LogP contribution in [0, 0.1) is 0 Å². The summed E-state index contributed by atoms with van der Waals surface area (Å²) in [7, 11) is 2.07. The second-order valence-corrected chi connectivity index (χ2v) is 7.44. The van der Waals surface area contributed by atoms with Crippen LogP contribution in [0.2, 0.25) is 0 Å². The zero-order chi connectivity index (χ0) is 20.2. The van der Waals surface area contributed by atoms with Crippen molar-refractivity contribution in [3.05, 3.63) is 60.7 Å². The number of likely N-dealkylation sites (N-methyl/N-ethyl adjacent to an activating group) is 1. The van der Waals surface area contributed by atoms with E-state index in [4.69, 9.17) is 0 Å². The summed E-state index contributed by atoms with van der Waals surface area (Å²) < 4.78 is 1.76. The molecule has 6 nitrogen and oxygen atoms in total. The second-order valence-electron chi connectivity index (χ2n) is 7.44. The summed E-state index contributed by atoms with van der Waals surface area (Å²) >= 11 is 0. The zero-order valence-corrected chi connectivity index (χ0v) is 16.7. The van der Waals surface area contributed by atoms with Gasteiger partial charge in [-0.1, -0.05) is 60.7 Å². The highest BCUT2D eigenvalue weighted by atomic mass is 16.3. The van der Waals surface area contributed by atoms with Crippen LogP contribution in [0.1, 0.15) is 6.42 Å². The number of hydrogen-bond donors (Lipinski definition) is 1. The van der Waals surface area contributed by atoms with Gasteiger partial charge in [0.2, 0.25) is 5.91 Å². The molecule has 1 aliphatic rings. The normalized spacial score (nSPS) is 14.9. The maximum absolute atomic E-state index is 12.7. The quantitative estimate of drug-likeness (QED) is 0.727. The van der Waals surface area contributed by atoms with Gasteiger partial charge in [-0.15, -0.1) is 0 Å². The molecule has 0 bridgehead atoms. The minimum atomic E-state index is 0.133. The molecule has 1 saturated heterocycles. The van der Waals surface area contributed by atoms with Crippen molar-refractivity contribution in [2.24, 2.45) is 0 Å². The Balaban J connectivity index is 1.61. The van der Waals surface area contributed by atoms with Gasteiger partial charge in [-0.25, -0.2) is 0 Å². The Morgan fingerprint density at radius 2 is 1.52 bits per heavy atom. The summed E-state index contributed by atoms with van der Waals surface area (Å²) in [4.78, 5) is 16.8. The number of aryl methyl sites for hydroxylation is 1. The fraction of sp³-hybridized carbons (Fsp3) is 0.304. The van der Waals surface area contributed by atoms with E-state index in [2.05, 4.69) is 17.0 Å². The van der Waals surface area contributed by atoms with Crippen molar-refractivity contribution >= 4 is 5.91 Å². The largest absolute Gasteiger partial charge is 0.504 e. The first kappa shape index (κ1) is 19.2. The Hall–Kier alpha value is -3.12. The molecule has 0 aliphatic carbocycles. The van der Waals surface area contributed by atoms with Crippen LogP contribution in [-0.2, 0) is 11.3 Å². The lowest BCUT2D eigenvalue weighted by Crippen LogP contribution is -2.47. The summed E-state index contributed by atoms with van der Waals surface area (Å²) in [5.41, 5.74) is 2.92. The molecule has 0 atom stereocenters. The van der Waals surface area contributed by atoms with E-state index in [1.165, 1.54) is 0 Å². The van der Waals surface area contributed by atoms with Crippen LogP contribution in [0.15, 0.2) is 60.7 Å². The first-order valence-electron chi connectivity index (χ1n) is 10.0. The number of aromatic nitrogens is 2. The molecule has 6 heteroatoms. The monoisotopic (exact) mass is 390 g/mol. The second kappa shape index (κ2) is 8.49. The number of nitrogens with zero attached hydrogens (tertiary/aromatic N) is 4. The third-order valence-corrected chi connectivity index (χ3v) is 5.42. The molecular weight excluding hydrogens is 364 g/mol. The summed E-state index contributed by atoms with van der Waals surface area (Å²) in [6.07, 6.45) is 0.360. The number of benzene rings is 2. The van der Waals surface area contributed by atoms with Gasteiger partial charge < -0.3 is 14.9 Å². The van der Waals surface area contributed by atoms with Crippen LogP contribution in [0.3, 0.4) is 0 Å². The molecule has 0 radical (unpaired) electrons. The van der Waals surface area contributed by atoms with Gasteiger partial charge >= 0.3 is 0 Å². The lowest BCUT2D eigenvalue weighted by molar-refractivity contribution is -0.133. The molecule has 1 fully saturated rings. The van der Waals surface area contributed by atoms with Crippen molar-refractivity contribution in [3.63, 3.8) is 0 Å². The van der Waals surface area contributed by atoms with Gasteiger partial charge in [0, 0.05) is 43.7 Å². The van der Waals surface area contributed by atoms with Crippen molar-refractivity contribution in [1.82, 2.24) is 19.6 Å². The van der Waals surface area contributed by atoms with Crippen molar-refractivity contribution in [2.45, 2.75) is 13.0 Å². The standard InChI is InChI=1S/C23H26N4O2/c1-25-14-16-26(17-15-25)20(28)12-13-27-22(19-10-6-3-7-11-19)23(29)21(24-27)18-8-4-2-5-9-18/h2-11,29H,12-17H2,1H3. The van der Waals surface area contributed by atoms with Crippen LogP contribution in [0.5, 0.6) is 5.75 Å². The Morgan fingerprint density at radius 3 is 2.14 bits per heavy atom. The van der Waals surface area contributed by atoms with Crippen molar-refractivity contribution < 1.29 is 9.90 Å². The van der Waals surface area contributed by atoms with Crippen LogP contribution in [0.25, 0.3) is 22.5 Å². The third-order valence-electron chi connectivity index (χ3n) is 5.42. The number of rotatable bonds is 5. The van der Waals surface area contributed by atoms with Crippen molar-refractivity contribution in [1.29, 1.82) is 0 Å². The summed E-state index contributed by atoms with van der Waals surface area (Å²) in [6, 6.07) is 19.3. The fourth-order valence-corrected chi connectivity index (χ4v) is 3.70. The van der Waals surface area contributed by atoms with E-state index in [1.807, 2.05) is 65.6 Å². The molecule has 150 valence electrons. The summed E-state index contributed by atoms with van der Waals surface area (Å²) in [5.74, 6) is 0.280. The summed E-state index contributed by atoms with van der Waals surface area (Å²) in [6.45, 7) is 3.76. The zero-order valence-electron chi connectivity index (χ0n) is 16.7. The van der Waals surface area contributed by atoms with Gasteiger partial charge in [0.15, 0.2) is 5.75 Å². The molecule has 29 heavy (non-hydrogen) atoms. The molecule has 0 unspecified atom stereocenters. The number of piperazine rings is 1. The van der Waals surface area contributed by atoms with E-state index in [0.29, 0.717) is 24.4 Å². The van der Waals surface area contributed by atoms with Crippen molar-refractivity contribution in [3.8, 4) is 28.3 Å². The average molecular weight is 390 g/mol. The number of amides is 1. The molecule has 1 aromatic heterocycles. The number of carbonyl (C=O) groups excluding carboxylic acids is 1. The van der Waals surface area contributed by atoms with E-state index in [-0.39, 0.29) is 11.7 Å². The molecule has 1 amide bonds. The van der Waals surface area contributed by atoms with Gasteiger partial charge in [0.05, 0.1) is 6.54 Å². The SMILES string of the molecule is CN1CCN(C(=O)CCn2nc(-c3ccccc3)c(O)c2-c2ccccc2)CC1. The highest BCUT2D eigenvalue weighted by molar-refractivity contribution is 5.79. The smallest absolute Gasteiger partial charge is 0.224 e. The van der Waals surface area contributed by atoms with Crippen LogP contribution >= 0.6 is 0 Å². The first-order chi connectivity index (χ1) is 14.1. The Kier molecular flexibility index (Phi) is 5.62. The van der Waals surface area contributed by atoms with Gasteiger partial charge in [-0.3, -0.25) is 9.48 Å². The van der Waals surface area contributed by atoms with Gasteiger partial charge in [0.25, 0.3) is 0 Å². The molecule has 2 heterocycles. The number of aromatic hydroxyl groups is 1. The van der Waals surface area contributed by atoms with Crippen LogP contribution in [-0.4, -0.2) is 63.8 Å². The Bertz CT molecular complexity index is 961. The molecule has 3 aromatic rings. The van der Waals surface area contributed by atoms with E-state index in [1.54, 1.807) is 4.68 Å². The van der Waals surface area contributed by atoms with Gasteiger partial charge in [-0.05, 0) is 7.05 Å². The number of hydrogen-bond acceptors (Lipinski definition) is 4.